The predicted molar refractivity (Wildman–Crippen MR) is 119 cm³/mol. The van der Waals surface area contributed by atoms with Crippen LogP contribution in [0, 0.1) is 5.82 Å². The van der Waals surface area contributed by atoms with Crippen LogP contribution in [0.1, 0.15) is 48.5 Å². The summed E-state index contributed by atoms with van der Waals surface area (Å²) in [5.74, 6) is -1.01. The molecule has 1 heterocycles. The molecule has 0 atom stereocenters. The number of rotatable bonds is 7. The van der Waals surface area contributed by atoms with Crippen LogP contribution in [0.4, 0.5) is 10.1 Å². The zero-order chi connectivity index (χ0) is 21.8. The van der Waals surface area contributed by atoms with E-state index in [9.17, 15) is 9.18 Å². The molecule has 2 N–H and O–H groups in total. The summed E-state index contributed by atoms with van der Waals surface area (Å²) < 4.78 is 25.1. The highest BCUT2D eigenvalue weighted by Gasteiger charge is 2.17. The van der Waals surface area contributed by atoms with Crippen LogP contribution in [-0.4, -0.2) is 28.0 Å². The smallest absolute Gasteiger partial charge is 0.335 e. The summed E-state index contributed by atoms with van der Waals surface area (Å²) in [6.45, 7) is 0. The molecular formula is C23H24FN3O3S. The third kappa shape index (κ3) is 4.85. The minimum absolute atomic E-state index is 0.122. The summed E-state index contributed by atoms with van der Waals surface area (Å²) in [7, 11) is 1.46. The predicted octanol–water partition coefficient (Wildman–Crippen LogP) is 6.02. The summed E-state index contributed by atoms with van der Waals surface area (Å²) in [5, 5.41) is 13.6. The number of nitrogens with one attached hydrogen (secondary N) is 1. The standard InChI is InChI=1S/C23H24FN3O3S/c1-30-21-12-16(23(28)29)7-9-20(21)26-31-22-10-8-15(11-19(22)24)17-13-25-27(14-17)18-5-3-2-4-6-18/h7-14,18,26H,2-6H2,1H3,(H,28,29). The van der Waals surface area contributed by atoms with Crippen LogP contribution >= 0.6 is 11.9 Å². The molecule has 1 aliphatic rings. The van der Waals surface area contributed by atoms with Gasteiger partial charge in [0, 0.05) is 11.8 Å². The summed E-state index contributed by atoms with van der Waals surface area (Å²) >= 11 is 1.10. The number of aromatic nitrogens is 2. The van der Waals surface area contributed by atoms with Gasteiger partial charge >= 0.3 is 5.97 Å². The van der Waals surface area contributed by atoms with Crippen molar-refractivity contribution in [3.63, 3.8) is 0 Å². The van der Waals surface area contributed by atoms with Crippen LogP contribution < -0.4 is 9.46 Å². The number of hydrogen-bond acceptors (Lipinski definition) is 5. The monoisotopic (exact) mass is 441 g/mol. The Hall–Kier alpha value is -3.00. The number of aromatic carboxylic acids is 1. The third-order valence-corrected chi connectivity index (χ3v) is 6.41. The molecule has 31 heavy (non-hydrogen) atoms. The normalized spacial score (nSPS) is 14.4. The zero-order valence-electron chi connectivity index (χ0n) is 17.2. The van der Waals surface area contributed by atoms with Gasteiger partial charge in [-0.1, -0.05) is 25.3 Å². The van der Waals surface area contributed by atoms with Crippen LogP contribution in [-0.2, 0) is 0 Å². The minimum Gasteiger partial charge on any atom is -0.495 e. The molecule has 0 bridgehead atoms. The Kier molecular flexibility index (Phi) is 6.46. The van der Waals surface area contributed by atoms with Crippen LogP contribution in [0.3, 0.4) is 0 Å². The molecule has 0 saturated heterocycles. The summed E-state index contributed by atoms with van der Waals surface area (Å²) in [6.07, 6.45) is 9.85. The molecule has 0 radical (unpaired) electrons. The van der Waals surface area contributed by atoms with E-state index in [2.05, 4.69) is 9.82 Å². The molecule has 2 aromatic carbocycles. The number of methoxy groups -OCH3 is 1. The highest BCUT2D eigenvalue weighted by molar-refractivity contribution is 8.00. The van der Waals surface area contributed by atoms with E-state index >= 15 is 0 Å². The van der Waals surface area contributed by atoms with Crippen molar-refractivity contribution in [2.75, 3.05) is 11.8 Å². The maximum atomic E-state index is 14.8. The molecule has 1 fully saturated rings. The molecular weight excluding hydrogens is 417 g/mol. The maximum Gasteiger partial charge on any atom is 0.335 e. The molecule has 0 unspecified atom stereocenters. The summed E-state index contributed by atoms with van der Waals surface area (Å²) in [4.78, 5) is 11.5. The van der Waals surface area contributed by atoms with Crippen molar-refractivity contribution in [3.8, 4) is 16.9 Å². The van der Waals surface area contributed by atoms with Gasteiger partial charge < -0.3 is 14.6 Å². The lowest BCUT2D eigenvalue weighted by Crippen LogP contribution is -2.12. The molecule has 1 aliphatic carbocycles. The van der Waals surface area contributed by atoms with Gasteiger partial charge in [0.15, 0.2) is 0 Å². The van der Waals surface area contributed by atoms with Crippen LogP contribution in [0.5, 0.6) is 5.75 Å². The number of ether oxygens (including phenoxy) is 1. The molecule has 0 spiro atoms. The van der Waals surface area contributed by atoms with Crippen LogP contribution in [0.2, 0.25) is 0 Å². The number of hydrogen-bond donors (Lipinski definition) is 2. The number of carbonyl (C=O) groups is 1. The first-order valence-corrected chi connectivity index (χ1v) is 11.0. The molecule has 0 aliphatic heterocycles. The third-order valence-electron chi connectivity index (χ3n) is 5.53. The SMILES string of the molecule is COc1cc(C(=O)O)ccc1NSc1ccc(-c2cnn(C3CCCCC3)c2)cc1F. The van der Waals surface area contributed by atoms with Gasteiger partial charge in [-0.2, -0.15) is 5.10 Å². The summed E-state index contributed by atoms with van der Waals surface area (Å²) in [6, 6.07) is 10.0. The average molecular weight is 442 g/mol. The Bertz CT molecular complexity index is 1080. The molecule has 3 aromatic rings. The zero-order valence-corrected chi connectivity index (χ0v) is 18.0. The topological polar surface area (TPSA) is 76.4 Å². The Balaban J connectivity index is 1.46. The first kappa shape index (κ1) is 21.2. The lowest BCUT2D eigenvalue weighted by Gasteiger charge is -2.21. The number of benzene rings is 2. The number of carboxylic acid groups (broad SMARTS) is 1. The Morgan fingerprint density at radius 3 is 2.71 bits per heavy atom. The van der Waals surface area contributed by atoms with Gasteiger partial charge in [0.1, 0.15) is 11.6 Å². The highest BCUT2D eigenvalue weighted by Crippen LogP contribution is 2.33. The van der Waals surface area contributed by atoms with E-state index in [4.69, 9.17) is 9.84 Å². The number of anilines is 1. The van der Waals surface area contributed by atoms with E-state index < -0.39 is 5.97 Å². The molecule has 4 rings (SSSR count). The first-order chi connectivity index (χ1) is 15.0. The number of halogens is 1. The van der Waals surface area contributed by atoms with E-state index in [1.807, 2.05) is 16.9 Å². The molecule has 1 aromatic heterocycles. The van der Waals surface area contributed by atoms with E-state index in [1.54, 1.807) is 18.3 Å². The van der Waals surface area contributed by atoms with Crippen molar-refractivity contribution in [2.24, 2.45) is 0 Å². The second-order valence-electron chi connectivity index (χ2n) is 7.57. The van der Waals surface area contributed by atoms with Crippen molar-refractivity contribution in [1.82, 2.24) is 9.78 Å². The van der Waals surface area contributed by atoms with E-state index in [0.29, 0.717) is 22.4 Å². The Morgan fingerprint density at radius 1 is 1.19 bits per heavy atom. The summed E-state index contributed by atoms with van der Waals surface area (Å²) in [5.41, 5.74) is 2.37. The molecule has 1 saturated carbocycles. The van der Waals surface area contributed by atoms with Gasteiger partial charge in [-0.05, 0) is 60.7 Å². The van der Waals surface area contributed by atoms with Gasteiger partial charge in [-0.15, -0.1) is 0 Å². The lowest BCUT2D eigenvalue weighted by atomic mass is 9.96. The van der Waals surface area contributed by atoms with Crippen molar-refractivity contribution in [1.29, 1.82) is 0 Å². The molecule has 8 heteroatoms. The van der Waals surface area contributed by atoms with Crippen molar-refractivity contribution >= 4 is 23.6 Å². The Morgan fingerprint density at radius 2 is 2.00 bits per heavy atom. The first-order valence-electron chi connectivity index (χ1n) is 10.2. The van der Waals surface area contributed by atoms with Crippen molar-refractivity contribution in [2.45, 2.75) is 43.0 Å². The second kappa shape index (κ2) is 9.43. The highest BCUT2D eigenvalue weighted by atomic mass is 32.2. The fraction of sp³-hybridized carbons (Fsp3) is 0.304. The van der Waals surface area contributed by atoms with Crippen molar-refractivity contribution < 1.29 is 19.0 Å². The Labute approximate surface area is 184 Å². The van der Waals surface area contributed by atoms with E-state index in [0.717, 1.165) is 35.9 Å². The fourth-order valence-corrected chi connectivity index (χ4v) is 4.50. The molecule has 0 amide bonds. The fourth-order valence-electron chi connectivity index (χ4n) is 3.81. The van der Waals surface area contributed by atoms with Gasteiger partial charge in [-0.3, -0.25) is 4.68 Å². The molecule has 6 nitrogen and oxygen atoms in total. The molecule has 162 valence electrons. The van der Waals surface area contributed by atoms with Gasteiger partial charge in [0.2, 0.25) is 0 Å². The quantitative estimate of drug-likeness (QED) is 0.437. The van der Waals surface area contributed by atoms with Gasteiger partial charge in [-0.25, -0.2) is 9.18 Å². The van der Waals surface area contributed by atoms with Crippen LogP contribution in [0.15, 0.2) is 53.7 Å². The van der Waals surface area contributed by atoms with Crippen LogP contribution in [0.25, 0.3) is 11.1 Å². The number of carboxylic acids is 1. The van der Waals surface area contributed by atoms with E-state index in [-0.39, 0.29) is 11.4 Å². The van der Waals surface area contributed by atoms with Gasteiger partial charge in [0.25, 0.3) is 0 Å². The lowest BCUT2D eigenvalue weighted by molar-refractivity contribution is 0.0696. The van der Waals surface area contributed by atoms with Gasteiger partial charge in [0.05, 0.1) is 35.5 Å². The number of nitrogens with zero attached hydrogens (tertiary/aromatic N) is 2. The minimum atomic E-state index is -1.04. The average Bonchev–Trinajstić information content (AvgIpc) is 3.29. The maximum absolute atomic E-state index is 14.8. The second-order valence-corrected chi connectivity index (χ2v) is 8.42. The van der Waals surface area contributed by atoms with Crippen molar-refractivity contribution in [3.05, 3.63) is 60.2 Å². The largest absolute Gasteiger partial charge is 0.495 e. The van der Waals surface area contributed by atoms with E-state index in [1.165, 1.54) is 44.6 Å².